The highest BCUT2D eigenvalue weighted by Gasteiger charge is 2.20. The molecule has 0 bridgehead atoms. The van der Waals surface area contributed by atoms with Crippen LogP contribution in [-0.4, -0.2) is 4.98 Å². The molecule has 0 aliphatic rings. The van der Waals surface area contributed by atoms with E-state index in [2.05, 4.69) is 50.9 Å². The van der Waals surface area contributed by atoms with Gasteiger partial charge in [0, 0.05) is 23.4 Å². The summed E-state index contributed by atoms with van der Waals surface area (Å²) in [6, 6.07) is 10.0. The van der Waals surface area contributed by atoms with Crippen LogP contribution in [0.1, 0.15) is 50.4 Å². The number of aryl methyl sites for hydroxylation is 1. The summed E-state index contributed by atoms with van der Waals surface area (Å²) >= 11 is 0. The van der Waals surface area contributed by atoms with Gasteiger partial charge in [-0.3, -0.25) is 0 Å². The van der Waals surface area contributed by atoms with E-state index in [0.717, 1.165) is 22.4 Å². The Morgan fingerprint density at radius 1 is 1.19 bits per heavy atom. The lowest BCUT2D eigenvalue weighted by atomic mass is 9.86. The minimum Gasteiger partial charge on any atom is -0.438 e. The summed E-state index contributed by atoms with van der Waals surface area (Å²) in [6.45, 7) is 10.5. The number of rotatable bonds is 3. The van der Waals surface area contributed by atoms with Gasteiger partial charge in [0.05, 0.1) is 0 Å². The molecule has 0 fully saturated rings. The molecule has 0 unspecified atom stereocenters. The number of nitrogens with two attached hydrogens (primary N) is 1. The highest BCUT2D eigenvalue weighted by molar-refractivity contribution is 5.44. The molecule has 1 atom stereocenters. The summed E-state index contributed by atoms with van der Waals surface area (Å²) in [4.78, 5) is 4.35. The third-order valence-corrected chi connectivity index (χ3v) is 3.44. The average Bonchev–Trinajstić information content (AvgIpc) is 2.37. The molecule has 2 rings (SSSR count). The van der Waals surface area contributed by atoms with Crippen LogP contribution in [0.3, 0.4) is 0 Å². The lowest BCUT2D eigenvalue weighted by molar-refractivity contribution is 0.431. The van der Waals surface area contributed by atoms with Crippen molar-refractivity contribution in [3.8, 4) is 11.6 Å². The maximum Gasteiger partial charge on any atom is 0.223 e. The molecule has 0 radical (unpaired) electrons. The Morgan fingerprint density at radius 3 is 2.52 bits per heavy atom. The third-order valence-electron chi connectivity index (χ3n) is 3.44. The van der Waals surface area contributed by atoms with Gasteiger partial charge in [0.25, 0.3) is 0 Å². The van der Waals surface area contributed by atoms with Crippen LogP contribution in [0, 0.1) is 6.92 Å². The van der Waals surface area contributed by atoms with Crippen molar-refractivity contribution in [2.75, 3.05) is 0 Å². The lowest BCUT2D eigenvalue weighted by Crippen LogP contribution is -2.13. The Morgan fingerprint density at radius 2 is 1.90 bits per heavy atom. The van der Waals surface area contributed by atoms with E-state index in [-0.39, 0.29) is 11.5 Å². The fourth-order valence-corrected chi connectivity index (χ4v) is 2.27. The number of aromatic nitrogens is 1. The second-order valence-corrected chi connectivity index (χ2v) is 6.54. The van der Waals surface area contributed by atoms with Crippen LogP contribution in [-0.2, 0) is 5.41 Å². The molecular weight excluding hydrogens is 260 g/mol. The van der Waals surface area contributed by atoms with E-state index in [0.29, 0.717) is 5.88 Å². The van der Waals surface area contributed by atoms with Gasteiger partial charge >= 0.3 is 0 Å². The fraction of sp³-hybridized carbons (Fsp3) is 0.389. The molecule has 0 spiro atoms. The number of hydrogen-bond acceptors (Lipinski definition) is 3. The quantitative estimate of drug-likeness (QED) is 0.902. The fourth-order valence-electron chi connectivity index (χ4n) is 2.27. The zero-order chi connectivity index (χ0) is 15.6. The first kappa shape index (κ1) is 15.5. The van der Waals surface area contributed by atoms with Crippen LogP contribution in [0.5, 0.6) is 11.6 Å². The lowest BCUT2D eigenvalue weighted by Gasteiger charge is -2.23. The Labute approximate surface area is 127 Å². The predicted molar refractivity (Wildman–Crippen MR) is 86.8 cm³/mol. The molecule has 1 aromatic carbocycles. The Bertz CT molecular complexity index is 627. The Hall–Kier alpha value is -1.87. The first-order valence-electron chi connectivity index (χ1n) is 7.28. The van der Waals surface area contributed by atoms with Gasteiger partial charge < -0.3 is 10.5 Å². The topological polar surface area (TPSA) is 48.1 Å². The maximum absolute atomic E-state index is 6.12. The molecule has 0 saturated carbocycles. The molecule has 0 saturated heterocycles. The maximum atomic E-state index is 6.12. The Balaban J connectivity index is 2.47. The van der Waals surface area contributed by atoms with Crippen LogP contribution in [0.2, 0.25) is 0 Å². The molecule has 112 valence electrons. The molecule has 1 heterocycles. The number of nitrogens with zero attached hydrogens (tertiary/aromatic N) is 1. The molecule has 0 amide bonds. The van der Waals surface area contributed by atoms with Gasteiger partial charge in [-0.1, -0.05) is 39.0 Å². The van der Waals surface area contributed by atoms with E-state index in [1.54, 1.807) is 6.20 Å². The molecular formula is C18H24N2O. The van der Waals surface area contributed by atoms with Crippen molar-refractivity contribution in [3.05, 3.63) is 53.2 Å². The summed E-state index contributed by atoms with van der Waals surface area (Å²) in [7, 11) is 0. The van der Waals surface area contributed by atoms with E-state index in [1.807, 2.05) is 19.1 Å². The molecule has 0 aliphatic heterocycles. The van der Waals surface area contributed by atoms with Crippen molar-refractivity contribution in [1.29, 1.82) is 0 Å². The second-order valence-electron chi connectivity index (χ2n) is 6.54. The summed E-state index contributed by atoms with van der Waals surface area (Å²) in [5.41, 5.74) is 9.25. The zero-order valence-corrected chi connectivity index (χ0v) is 13.5. The highest BCUT2D eigenvalue weighted by atomic mass is 16.5. The van der Waals surface area contributed by atoms with E-state index < -0.39 is 0 Å². The van der Waals surface area contributed by atoms with Gasteiger partial charge in [-0.2, -0.15) is 0 Å². The number of ether oxygens (including phenoxy) is 1. The molecule has 0 aliphatic carbocycles. The van der Waals surface area contributed by atoms with Crippen molar-refractivity contribution in [1.82, 2.24) is 4.98 Å². The Kier molecular flexibility index (Phi) is 4.33. The molecule has 3 heteroatoms. The van der Waals surface area contributed by atoms with Crippen molar-refractivity contribution >= 4 is 0 Å². The van der Waals surface area contributed by atoms with Crippen LogP contribution in [0.15, 0.2) is 36.5 Å². The van der Waals surface area contributed by atoms with E-state index in [4.69, 9.17) is 10.5 Å². The molecule has 2 aromatic rings. The molecule has 3 nitrogen and oxygen atoms in total. The van der Waals surface area contributed by atoms with Gasteiger partial charge in [-0.25, -0.2) is 4.98 Å². The minimum atomic E-state index is -0.114. The zero-order valence-electron chi connectivity index (χ0n) is 13.5. The monoisotopic (exact) mass is 284 g/mol. The van der Waals surface area contributed by atoms with Crippen molar-refractivity contribution in [3.63, 3.8) is 0 Å². The summed E-state index contributed by atoms with van der Waals surface area (Å²) in [5.74, 6) is 1.44. The highest BCUT2D eigenvalue weighted by Crippen LogP contribution is 2.35. The smallest absolute Gasteiger partial charge is 0.223 e. The predicted octanol–water partition coefficient (Wildman–Crippen LogP) is 4.50. The van der Waals surface area contributed by atoms with Crippen LogP contribution in [0.25, 0.3) is 0 Å². The standard InChI is InChI=1S/C18H24N2O/c1-12-8-9-15(18(3,4)5)16(11-12)21-17-14(13(2)19)7-6-10-20-17/h6-11,13H,19H2,1-5H3/t13-/m1/s1. The van der Waals surface area contributed by atoms with Gasteiger partial charge in [-0.15, -0.1) is 0 Å². The summed E-state index contributed by atoms with van der Waals surface area (Å²) in [6.07, 6.45) is 1.73. The molecule has 21 heavy (non-hydrogen) atoms. The largest absolute Gasteiger partial charge is 0.438 e. The van der Waals surface area contributed by atoms with Crippen molar-refractivity contribution in [2.24, 2.45) is 5.73 Å². The normalized spacial score (nSPS) is 13.0. The van der Waals surface area contributed by atoms with Gasteiger partial charge in [0.15, 0.2) is 0 Å². The van der Waals surface area contributed by atoms with E-state index in [1.165, 1.54) is 0 Å². The van der Waals surface area contributed by atoms with Crippen molar-refractivity contribution < 1.29 is 4.74 Å². The van der Waals surface area contributed by atoms with Crippen LogP contribution < -0.4 is 10.5 Å². The van der Waals surface area contributed by atoms with Crippen LogP contribution >= 0.6 is 0 Å². The van der Waals surface area contributed by atoms with Crippen LogP contribution in [0.4, 0.5) is 0 Å². The third kappa shape index (κ3) is 3.61. The minimum absolute atomic E-state index is 0.00626. The SMILES string of the molecule is Cc1ccc(C(C)(C)C)c(Oc2ncccc2[C@@H](C)N)c1. The first-order chi connectivity index (χ1) is 9.79. The van der Waals surface area contributed by atoms with Gasteiger partial charge in [0.1, 0.15) is 5.75 Å². The van der Waals surface area contributed by atoms with Gasteiger partial charge in [-0.05, 0) is 37.0 Å². The number of benzene rings is 1. The number of hydrogen-bond donors (Lipinski definition) is 1. The summed E-state index contributed by atoms with van der Waals surface area (Å²) < 4.78 is 6.12. The van der Waals surface area contributed by atoms with E-state index >= 15 is 0 Å². The van der Waals surface area contributed by atoms with Gasteiger partial charge in [0.2, 0.25) is 5.88 Å². The average molecular weight is 284 g/mol. The second kappa shape index (κ2) is 5.86. The van der Waals surface area contributed by atoms with E-state index in [9.17, 15) is 0 Å². The molecule has 2 N–H and O–H groups in total. The first-order valence-corrected chi connectivity index (χ1v) is 7.28. The summed E-state index contributed by atoms with van der Waals surface area (Å²) in [5, 5.41) is 0. The van der Waals surface area contributed by atoms with Crippen molar-refractivity contribution in [2.45, 2.75) is 46.1 Å². The molecule has 1 aromatic heterocycles. The number of pyridine rings is 1.